The molecule has 0 aliphatic carbocycles. The van der Waals surface area contributed by atoms with Crippen LogP contribution in [0.1, 0.15) is 29.1 Å². The number of thioether (sulfide) groups is 1. The molecule has 0 spiro atoms. The molecular formula is C22H23ClN4O3S. The van der Waals surface area contributed by atoms with E-state index in [2.05, 4.69) is 10.5 Å². The number of nitrogens with one attached hydrogen (secondary N) is 1. The second kappa shape index (κ2) is 8.43. The summed E-state index contributed by atoms with van der Waals surface area (Å²) in [4.78, 5) is 25.6. The van der Waals surface area contributed by atoms with Gasteiger partial charge in [-0.1, -0.05) is 23.7 Å². The van der Waals surface area contributed by atoms with E-state index in [1.807, 2.05) is 57.2 Å². The lowest BCUT2D eigenvalue weighted by molar-refractivity contribution is -0.140. The molecule has 9 heteroatoms. The third-order valence-corrected chi connectivity index (χ3v) is 7.07. The highest BCUT2D eigenvalue weighted by Crippen LogP contribution is 2.42. The number of carbonyl (C=O) groups excluding carboxylic acids is 2. The zero-order valence-electron chi connectivity index (χ0n) is 17.7. The zero-order valence-corrected chi connectivity index (χ0v) is 19.3. The Bertz CT molecular complexity index is 1160. The van der Waals surface area contributed by atoms with Crippen LogP contribution in [-0.2, 0) is 16.1 Å². The van der Waals surface area contributed by atoms with Gasteiger partial charge in [0.15, 0.2) is 0 Å². The Morgan fingerprint density at radius 1 is 1.26 bits per heavy atom. The molecular weight excluding hydrogens is 436 g/mol. The number of aromatic nitrogens is 2. The lowest BCUT2D eigenvalue weighted by Crippen LogP contribution is -2.46. The van der Waals surface area contributed by atoms with E-state index in [1.54, 1.807) is 11.8 Å². The van der Waals surface area contributed by atoms with Crippen molar-refractivity contribution in [3.63, 3.8) is 0 Å². The monoisotopic (exact) mass is 458 g/mol. The fourth-order valence-corrected chi connectivity index (χ4v) is 4.99. The van der Waals surface area contributed by atoms with Gasteiger partial charge in [-0.3, -0.25) is 19.7 Å². The summed E-state index contributed by atoms with van der Waals surface area (Å²) >= 11 is 7.77. The molecule has 0 radical (unpaired) electrons. The first-order valence-corrected chi connectivity index (χ1v) is 11.2. The molecule has 2 amide bonds. The number of ether oxygens (including phenoxy) is 1. The van der Waals surface area contributed by atoms with Gasteiger partial charge in [-0.2, -0.15) is 5.10 Å². The number of hydrogen-bond acceptors (Lipinski definition) is 5. The summed E-state index contributed by atoms with van der Waals surface area (Å²) in [5.74, 6) is 0.263. The Morgan fingerprint density at radius 3 is 2.65 bits per heavy atom. The standard InChI is InChI=1S/C22H23ClN4O3S/c1-12-9-17-13(2)24-26(19(17)10-18(12)23)11-20(28)25-27-21(29)14(3)31-22(27)15-5-7-16(30-4)8-6-15/h5-10,14,22H,11H2,1-4H3,(H,25,28). The maximum atomic E-state index is 12.9. The molecule has 162 valence electrons. The van der Waals surface area contributed by atoms with Crippen LogP contribution in [-0.4, -0.2) is 39.0 Å². The predicted octanol–water partition coefficient (Wildman–Crippen LogP) is 4.01. The van der Waals surface area contributed by atoms with Crippen molar-refractivity contribution in [2.24, 2.45) is 0 Å². The van der Waals surface area contributed by atoms with Crippen LogP contribution in [0.5, 0.6) is 5.75 Å². The molecule has 4 rings (SSSR count). The van der Waals surface area contributed by atoms with Crippen LogP contribution in [0.4, 0.5) is 0 Å². The smallest absolute Gasteiger partial charge is 0.260 e. The van der Waals surface area contributed by atoms with Crippen LogP contribution >= 0.6 is 23.4 Å². The van der Waals surface area contributed by atoms with E-state index in [1.165, 1.54) is 16.8 Å². The van der Waals surface area contributed by atoms with Gasteiger partial charge in [0, 0.05) is 10.4 Å². The number of nitrogens with zero attached hydrogens (tertiary/aromatic N) is 3. The van der Waals surface area contributed by atoms with Gasteiger partial charge in [-0.05, 0) is 56.2 Å². The van der Waals surface area contributed by atoms with Crippen molar-refractivity contribution in [1.82, 2.24) is 20.2 Å². The van der Waals surface area contributed by atoms with Crippen LogP contribution in [0.3, 0.4) is 0 Å². The molecule has 1 aliphatic heterocycles. The quantitative estimate of drug-likeness (QED) is 0.625. The molecule has 2 heterocycles. The van der Waals surface area contributed by atoms with Crippen molar-refractivity contribution < 1.29 is 14.3 Å². The Morgan fingerprint density at radius 2 is 1.97 bits per heavy atom. The van der Waals surface area contributed by atoms with Gasteiger partial charge >= 0.3 is 0 Å². The van der Waals surface area contributed by atoms with Crippen LogP contribution in [0.25, 0.3) is 10.9 Å². The van der Waals surface area contributed by atoms with Crippen LogP contribution in [0.15, 0.2) is 36.4 Å². The van der Waals surface area contributed by atoms with Gasteiger partial charge in [0.1, 0.15) is 17.7 Å². The fourth-order valence-electron chi connectivity index (χ4n) is 3.62. The maximum Gasteiger partial charge on any atom is 0.260 e. The van der Waals surface area contributed by atoms with E-state index in [9.17, 15) is 9.59 Å². The molecule has 7 nitrogen and oxygen atoms in total. The maximum absolute atomic E-state index is 12.9. The minimum Gasteiger partial charge on any atom is -0.497 e. The largest absolute Gasteiger partial charge is 0.497 e. The van der Waals surface area contributed by atoms with Crippen molar-refractivity contribution in [3.8, 4) is 5.75 Å². The summed E-state index contributed by atoms with van der Waals surface area (Å²) in [6, 6.07) is 11.3. The van der Waals surface area contributed by atoms with E-state index in [4.69, 9.17) is 16.3 Å². The molecule has 1 aliphatic rings. The number of halogens is 1. The van der Waals surface area contributed by atoms with Crippen LogP contribution in [0.2, 0.25) is 5.02 Å². The first kappa shape index (κ1) is 21.5. The van der Waals surface area contributed by atoms with Gasteiger partial charge in [-0.25, -0.2) is 5.01 Å². The molecule has 2 atom stereocenters. The Labute approximate surface area is 189 Å². The van der Waals surface area contributed by atoms with Crippen molar-refractivity contribution >= 4 is 46.1 Å². The summed E-state index contributed by atoms with van der Waals surface area (Å²) in [5.41, 5.74) is 6.25. The SMILES string of the molecule is COc1ccc(C2SC(C)C(=O)N2NC(=O)Cn2nc(C)c3cc(C)c(Cl)cc32)cc1. The van der Waals surface area contributed by atoms with E-state index in [0.717, 1.165) is 33.5 Å². The highest BCUT2D eigenvalue weighted by atomic mass is 35.5. The molecule has 3 aromatic rings. The number of hydrogen-bond donors (Lipinski definition) is 1. The summed E-state index contributed by atoms with van der Waals surface area (Å²) in [5, 5.41) is 6.90. The fraction of sp³-hybridized carbons (Fsp3) is 0.318. The lowest BCUT2D eigenvalue weighted by Gasteiger charge is -2.24. The molecule has 1 saturated heterocycles. The highest BCUT2D eigenvalue weighted by molar-refractivity contribution is 8.01. The average Bonchev–Trinajstić information content (AvgIpc) is 3.19. The van der Waals surface area contributed by atoms with E-state index < -0.39 is 0 Å². The van der Waals surface area contributed by atoms with Gasteiger partial charge < -0.3 is 4.74 Å². The first-order chi connectivity index (χ1) is 14.8. The van der Waals surface area contributed by atoms with Crippen molar-refractivity contribution in [2.45, 2.75) is 37.9 Å². The van der Waals surface area contributed by atoms with Crippen molar-refractivity contribution in [3.05, 3.63) is 58.2 Å². The molecule has 1 fully saturated rings. The molecule has 31 heavy (non-hydrogen) atoms. The highest BCUT2D eigenvalue weighted by Gasteiger charge is 2.39. The Kier molecular flexibility index (Phi) is 5.85. The van der Waals surface area contributed by atoms with Gasteiger partial charge in [0.25, 0.3) is 11.8 Å². The second-order valence-electron chi connectivity index (χ2n) is 7.51. The second-order valence-corrected chi connectivity index (χ2v) is 9.34. The molecule has 2 aromatic carbocycles. The number of benzene rings is 2. The van der Waals surface area contributed by atoms with E-state index >= 15 is 0 Å². The van der Waals surface area contributed by atoms with Crippen LogP contribution < -0.4 is 10.2 Å². The van der Waals surface area contributed by atoms with Crippen LogP contribution in [0, 0.1) is 13.8 Å². The van der Waals surface area contributed by atoms with Crippen molar-refractivity contribution in [2.75, 3.05) is 7.11 Å². The van der Waals surface area contributed by atoms with Gasteiger partial charge in [-0.15, -0.1) is 11.8 Å². The number of methoxy groups -OCH3 is 1. The number of fused-ring (bicyclic) bond motifs is 1. The third-order valence-electron chi connectivity index (χ3n) is 5.31. The van der Waals surface area contributed by atoms with Crippen molar-refractivity contribution in [1.29, 1.82) is 0 Å². The zero-order chi connectivity index (χ0) is 22.3. The molecule has 2 unspecified atom stereocenters. The topological polar surface area (TPSA) is 76.5 Å². The normalized spacial score (nSPS) is 18.6. The summed E-state index contributed by atoms with van der Waals surface area (Å²) < 4.78 is 6.82. The average molecular weight is 459 g/mol. The van der Waals surface area contributed by atoms with Gasteiger partial charge in [0.05, 0.1) is 23.6 Å². The van der Waals surface area contributed by atoms with E-state index in [-0.39, 0.29) is 29.0 Å². The molecule has 0 bridgehead atoms. The first-order valence-electron chi connectivity index (χ1n) is 9.83. The number of rotatable bonds is 5. The summed E-state index contributed by atoms with van der Waals surface area (Å²) in [6.45, 7) is 5.64. The van der Waals surface area contributed by atoms with Gasteiger partial charge in [0.2, 0.25) is 0 Å². The minimum atomic E-state index is -0.331. The number of amides is 2. The Balaban J connectivity index is 1.56. The Hall–Kier alpha value is -2.71. The number of carbonyl (C=O) groups is 2. The number of aryl methyl sites for hydroxylation is 2. The molecule has 0 saturated carbocycles. The minimum absolute atomic E-state index is 0.0259. The van der Waals surface area contributed by atoms with E-state index in [0.29, 0.717) is 5.02 Å². The molecule has 1 aromatic heterocycles. The number of hydrazine groups is 1. The predicted molar refractivity (Wildman–Crippen MR) is 122 cm³/mol. The summed E-state index contributed by atoms with van der Waals surface area (Å²) in [6.07, 6.45) is 0. The summed E-state index contributed by atoms with van der Waals surface area (Å²) in [7, 11) is 1.60. The lowest BCUT2D eigenvalue weighted by atomic mass is 10.1. The molecule has 1 N–H and O–H groups in total. The third kappa shape index (κ3) is 4.09.